The number of carboxylic acids is 1. The first kappa shape index (κ1) is 17.9. The van der Waals surface area contributed by atoms with E-state index in [-0.39, 0.29) is 31.2 Å². The second-order valence-electron chi connectivity index (χ2n) is 6.25. The molecule has 2 amide bonds. The Kier molecular flexibility index (Phi) is 5.40. The van der Waals surface area contributed by atoms with Gasteiger partial charge in [-0.3, -0.25) is 14.4 Å². The van der Waals surface area contributed by atoms with Gasteiger partial charge in [0.2, 0.25) is 11.8 Å². The molecule has 3 rings (SSSR count). The van der Waals surface area contributed by atoms with E-state index >= 15 is 0 Å². The van der Waals surface area contributed by atoms with Crippen molar-refractivity contribution in [1.82, 2.24) is 10.2 Å². The summed E-state index contributed by atoms with van der Waals surface area (Å²) in [5.74, 6) is -2.25. The maximum absolute atomic E-state index is 12.2. The van der Waals surface area contributed by atoms with Crippen molar-refractivity contribution in [3.63, 3.8) is 0 Å². The van der Waals surface area contributed by atoms with E-state index in [9.17, 15) is 19.4 Å². The average Bonchev–Trinajstić information content (AvgIpc) is 3.13. The summed E-state index contributed by atoms with van der Waals surface area (Å²) >= 11 is 1.46. The van der Waals surface area contributed by atoms with Crippen LogP contribution in [-0.2, 0) is 25.5 Å². The van der Waals surface area contributed by atoms with Crippen LogP contribution >= 0.6 is 11.3 Å². The Hall–Kier alpha value is -1.91. The molecule has 2 unspecified atom stereocenters. The molecule has 0 spiro atoms. The van der Waals surface area contributed by atoms with Gasteiger partial charge in [0.15, 0.2) is 0 Å². The largest absolute Gasteiger partial charge is 0.481 e. The summed E-state index contributed by atoms with van der Waals surface area (Å²) in [7, 11) is -1.37. The first-order chi connectivity index (χ1) is 11.9. The molecular weight excluding hydrogens is 347 g/mol. The fraction of sp³-hybridized carbons (Fsp3) is 0.533. The molecule has 1 aromatic rings. The van der Waals surface area contributed by atoms with Gasteiger partial charge in [-0.1, -0.05) is 6.07 Å². The number of hydrogen-bond donors (Lipinski definition) is 3. The molecule has 0 aromatic carbocycles. The van der Waals surface area contributed by atoms with Crippen molar-refractivity contribution in [2.24, 2.45) is 0 Å². The monoisotopic (exact) mass is 366 g/mol. The molecule has 3 N–H and O–H groups in total. The lowest BCUT2D eigenvalue weighted by atomic mass is 9.78. The summed E-state index contributed by atoms with van der Waals surface area (Å²) in [4.78, 5) is 37.8. The van der Waals surface area contributed by atoms with Crippen LogP contribution in [-0.4, -0.2) is 64.6 Å². The van der Waals surface area contributed by atoms with Crippen LogP contribution in [0, 0.1) is 0 Å². The molecule has 2 saturated heterocycles. The lowest BCUT2D eigenvalue weighted by molar-refractivity contribution is -0.140. The van der Waals surface area contributed by atoms with Crippen LogP contribution in [0.5, 0.6) is 0 Å². The van der Waals surface area contributed by atoms with Crippen LogP contribution in [0.4, 0.5) is 0 Å². The molecule has 2 aliphatic rings. The molecule has 10 heteroatoms. The summed E-state index contributed by atoms with van der Waals surface area (Å²) in [5, 5.41) is 23.9. The van der Waals surface area contributed by atoms with Crippen LogP contribution in [0.15, 0.2) is 17.5 Å². The highest BCUT2D eigenvalue weighted by molar-refractivity contribution is 7.10. The van der Waals surface area contributed by atoms with Gasteiger partial charge in [-0.2, -0.15) is 0 Å². The number of nitrogens with one attached hydrogen (secondary N) is 1. The molecule has 3 atom stereocenters. The van der Waals surface area contributed by atoms with E-state index in [0.717, 1.165) is 4.88 Å². The highest BCUT2D eigenvalue weighted by Crippen LogP contribution is 2.28. The standard InChI is InChI=1S/C15H19BN2O6S/c19-13(6-9-2-1-5-25-9)17-12-8-18-10(3-4-14(18)20)11(7-15(21)22)24-16(12)23/h1-2,5,10-12,23H,3-4,6-8H2,(H,17,19)(H,21,22)/t10?,11?,12-/m0/s1. The fourth-order valence-corrected chi connectivity index (χ4v) is 4.05. The van der Waals surface area contributed by atoms with Gasteiger partial charge >= 0.3 is 13.1 Å². The Bertz CT molecular complexity index is 654. The summed E-state index contributed by atoms with van der Waals surface area (Å²) in [6, 6.07) is 3.30. The number of carbonyl (C=O) groups excluding carboxylic acids is 2. The average molecular weight is 366 g/mol. The van der Waals surface area contributed by atoms with Crippen molar-refractivity contribution in [3.05, 3.63) is 22.4 Å². The minimum atomic E-state index is -1.37. The van der Waals surface area contributed by atoms with E-state index in [4.69, 9.17) is 9.76 Å². The van der Waals surface area contributed by atoms with Crippen LogP contribution in [0.1, 0.15) is 24.1 Å². The summed E-state index contributed by atoms with van der Waals surface area (Å²) in [6.07, 6.45) is -0.119. The van der Waals surface area contributed by atoms with Crippen molar-refractivity contribution in [3.8, 4) is 0 Å². The number of amides is 2. The Morgan fingerprint density at radius 1 is 1.48 bits per heavy atom. The zero-order valence-corrected chi connectivity index (χ0v) is 14.3. The number of aliphatic carboxylic acids is 1. The van der Waals surface area contributed by atoms with Gasteiger partial charge in [0.05, 0.1) is 30.9 Å². The van der Waals surface area contributed by atoms with Gasteiger partial charge in [0.1, 0.15) is 0 Å². The molecule has 134 valence electrons. The number of nitrogens with zero attached hydrogens (tertiary/aromatic N) is 1. The summed E-state index contributed by atoms with van der Waals surface area (Å²) < 4.78 is 5.50. The lowest BCUT2D eigenvalue weighted by Crippen LogP contribution is -2.52. The highest BCUT2D eigenvalue weighted by atomic mass is 32.1. The minimum Gasteiger partial charge on any atom is -0.481 e. The number of carboxylic acid groups (broad SMARTS) is 1. The number of thiophene rings is 1. The molecule has 0 aliphatic carbocycles. The van der Waals surface area contributed by atoms with Crippen molar-refractivity contribution in [1.29, 1.82) is 0 Å². The fourth-order valence-electron chi connectivity index (χ4n) is 3.35. The second-order valence-corrected chi connectivity index (χ2v) is 7.28. The van der Waals surface area contributed by atoms with Gasteiger partial charge in [0, 0.05) is 17.8 Å². The second kappa shape index (κ2) is 7.55. The Labute approximate surface area is 148 Å². The van der Waals surface area contributed by atoms with Gasteiger partial charge in [-0.15, -0.1) is 11.3 Å². The van der Waals surface area contributed by atoms with Gasteiger partial charge in [-0.25, -0.2) is 0 Å². The van der Waals surface area contributed by atoms with Gasteiger partial charge in [-0.05, 0) is 17.9 Å². The summed E-state index contributed by atoms with van der Waals surface area (Å²) in [5.41, 5.74) is 0. The molecule has 1 aromatic heterocycles. The molecule has 0 radical (unpaired) electrons. The molecule has 8 nitrogen and oxygen atoms in total. The maximum atomic E-state index is 12.2. The van der Waals surface area contributed by atoms with E-state index in [2.05, 4.69) is 5.32 Å². The predicted octanol–water partition coefficient (Wildman–Crippen LogP) is -0.340. The van der Waals surface area contributed by atoms with Crippen molar-refractivity contribution in [2.75, 3.05) is 6.54 Å². The number of fused-ring (bicyclic) bond motifs is 1. The SMILES string of the molecule is O=C(O)CC1OB(O)[C@@H](NC(=O)Cc2cccs2)CN2C(=O)CCC12. The Morgan fingerprint density at radius 2 is 2.28 bits per heavy atom. The first-order valence-corrected chi connectivity index (χ1v) is 8.98. The number of rotatable bonds is 5. The normalized spacial score (nSPS) is 26.3. The molecule has 3 heterocycles. The van der Waals surface area contributed by atoms with Crippen molar-refractivity contribution < 1.29 is 29.2 Å². The topological polar surface area (TPSA) is 116 Å². The van der Waals surface area contributed by atoms with E-state index in [1.807, 2.05) is 17.5 Å². The number of carbonyl (C=O) groups is 3. The zero-order valence-electron chi connectivity index (χ0n) is 13.5. The van der Waals surface area contributed by atoms with E-state index in [1.165, 1.54) is 16.2 Å². The van der Waals surface area contributed by atoms with Crippen molar-refractivity contribution in [2.45, 2.75) is 43.8 Å². The maximum Gasteiger partial charge on any atom is 0.480 e. The van der Waals surface area contributed by atoms with Crippen LogP contribution < -0.4 is 5.32 Å². The quantitative estimate of drug-likeness (QED) is 0.614. The summed E-state index contributed by atoms with van der Waals surface area (Å²) in [6.45, 7) is 0.108. The molecule has 25 heavy (non-hydrogen) atoms. The van der Waals surface area contributed by atoms with Crippen LogP contribution in [0.3, 0.4) is 0 Å². The highest BCUT2D eigenvalue weighted by Gasteiger charge is 2.46. The molecule has 0 bridgehead atoms. The molecular formula is C15H19BN2O6S. The molecule has 0 saturated carbocycles. The van der Waals surface area contributed by atoms with Gasteiger partial charge < -0.3 is 25.0 Å². The van der Waals surface area contributed by atoms with E-state index in [1.54, 1.807) is 0 Å². The Morgan fingerprint density at radius 3 is 2.96 bits per heavy atom. The zero-order chi connectivity index (χ0) is 18.0. The molecule has 2 fully saturated rings. The van der Waals surface area contributed by atoms with Crippen molar-refractivity contribution >= 4 is 36.2 Å². The predicted molar refractivity (Wildman–Crippen MR) is 89.8 cm³/mol. The minimum absolute atomic E-state index is 0.108. The van der Waals surface area contributed by atoms with Crippen LogP contribution in [0.2, 0.25) is 0 Å². The van der Waals surface area contributed by atoms with Crippen LogP contribution in [0.25, 0.3) is 0 Å². The third kappa shape index (κ3) is 4.20. The lowest BCUT2D eigenvalue weighted by Gasteiger charge is -2.28. The number of hydrogen-bond acceptors (Lipinski definition) is 6. The smallest absolute Gasteiger partial charge is 0.480 e. The van der Waals surface area contributed by atoms with Gasteiger partial charge in [0.25, 0.3) is 0 Å². The third-order valence-electron chi connectivity index (χ3n) is 4.49. The molecule has 2 aliphatic heterocycles. The first-order valence-electron chi connectivity index (χ1n) is 8.10. The third-order valence-corrected chi connectivity index (χ3v) is 5.37. The Balaban J connectivity index is 1.70. The van der Waals surface area contributed by atoms with E-state index in [0.29, 0.717) is 12.8 Å². The van der Waals surface area contributed by atoms with E-state index < -0.39 is 31.2 Å².